The molecule has 2 aromatic heterocycles. The Hall–Kier alpha value is -2.49. The van der Waals surface area contributed by atoms with Gasteiger partial charge in [-0.3, -0.25) is 0 Å². The van der Waals surface area contributed by atoms with E-state index in [0.29, 0.717) is 0 Å². The van der Waals surface area contributed by atoms with Crippen LogP contribution in [0, 0.1) is 27.7 Å². The summed E-state index contributed by atoms with van der Waals surface area (Å²) in [5.41, 5.74) is 7.36. The van der Waals surface area contributed by atoms with Gasteiger partial charge in [-0.25, -0.2) is 4.98 Å². The minimum Gasteiger partial charge on any atom is -0.334 e. The summed E-state index contributed by atoms with van der Waals surface area (Å²) < 4.78 is 4.22. The number of hydrogen-bond donors (Lipinski definition) is 0. The van der Waals surface area contributed by atoms with Gasteiger partial charge in [0, 0.05) is 31.2 Å². The van der Waals surface area contributed by atoms with Gasteiger partial charge in [-0.2, -0.15) is 4.57 Å². The van der Waals surface area contributed by atoms with Gasteiger partial charge < -0.3 is 4.57 Å². The van der Waals surface area contributed by atoms with Crippen molar-refractivity contribution in [3.05, 3.63) is 59.6 Å². The van der Waals surface area contributed by atoms with Crippen molar-refractivity contribution < 1.29 is 4.57 Å². The molecule has 0 aliphatic heterocycles. The average molecular weight is 293 g/mol. The third kappa shape index (κ3) is 2.21. The summed E-state index contributed by atoms with van der Waals surface area (Å²) in [7, 11) is 2.03. The van der Waals surface area contributed by atoms with Crippen molar-refractivity contribution in [1.82, 2.24) is 14.5 Å². The lowest BCUT2D eigenvalue weighted by Gasteiger charge is -2.16. The van der Waals surface area contributed by atoms with Crippen molar-refractivity contribution in [2.24, 2.45) is 7.05 Å². The molecule has 0 aliphatic rings. The lowest BCUT2D eigenvalue weighted by Crippen LogP contribution is -2.36. The van der Waals surface area contributed by atoms with Crippen LogP contribution in [0.15, 0.2) is 37.1 Å². The molecular formula is C18H21N4+. The van der Waals surface area contributed by atoms with Crippen molar-refractivity contribution in [1.29, 1.82) is 0 Å². The predicted molar refractivity (Wildman–Crippen MR) is 86.9 cm³/mol. The normalized spacial score (nSPS) is 11.0. The molecule has 0 aliphatic carbocycles. The van der Waals surface area contributed by atoms with Gasteiger partial charge in [0.15, 0.2) is 0 Å². The molecule has 112 valence electrons. The van der Waals surface area contributed by atoms with E-state index in [-0.39, 0.29) is 0 Å². The van der Waals surface area contributed by atoms with Crippen LogP contribution in [0.1, 0.15) is 22.5 Å². The van der Waals surface area contributed by atoms with Crippen LogP contribution in [0.4, 0.5) is 0 Å². The van der Waals surface area contributed by atoms with Crippen LogP contribution >= 0.6 is 0 Å². The fourth-order valence-corrected chi connectivity index (χ4v) is 3.22. The van der Waals surface area contributed by atoms with Crippen molar-refractivity contribution in [2.75, 3.05) is 0 Å². The summed E-state index contributed by atoms with van der Waals surface area (Å²) in [6.07, 6.45) is 7.66. The van der Waals surface area contributed by atoms with Gasteiger partial charge >= 0.3 is 0 Å². The SMILES string of the molecule is Cc1cc(C)c(-[n+]2cccnc2C)c(C)c1-c1cncn1C. The first-order chi connectivity index (χ1) is 10.5. The fraction of sp³-hybridized carbons (Fsp3) is 0.278. The highest BCUT2D eigenvalue weighted by Gasteiger charge is 2.20. The number of imidazole rings is 1. The number of benzene rings is 1. The van der Waals surface area contributed by atoms with E-state index in [0.717, 1.165) is 11.5 Å². The molecule has 0 amide bonds. The molecule has 4 nitrogen and oxygen atoms in total. The van der Waals surface area contributed by atoms with Gasteiger partial charge in [-0.15, -0.1) is 0 Å². The maximum atomic E-state index is 4.42. The Labute approximate surface area is 131 Å². The van der Waals surface area contributed by atoms with Crippen molar-refractivity contribution in [2.45, 2.75) is 27.7 Å². The molecule has 3 rings (SSSR count). The van der Waals surface area contributed by atoms with Gasteiger partial charge in [0.1, 0.15) is 18.1 Å². The number of aryl methyl sites for hydroxylation is 4. The van der Waals surface area contributed by atoms with Crippen molar-refractivity contribution in [3.8, 4) is 16.9 Å². The average Bonchev–Trinajstić information content (AvgIpc) is 2.87. The van der Waals surface area contributed by atoms with Gasteiger partial charge in [-0.1, -0.05) is 11.1 Å². The second kappa shape index (κ2) is 5.37. The lowest BCUT2D eigenvalue weighted by molar-refractivity contribution is -0.607. The van der Waals surface area contributed by atoms with Crippen LogP contribution in [0.25, 0.3) is 16.9 Å². The second-order valence-corrected chi connectivity index (χ2v) is 5.79. The summed E-state index contributed by atoms with van der Waals surface area (Å²) in [6.45, 7) is 8.52. The zero-order valence-corrected chi connectivity index (χ0v) is 13.8. The molecule has 0 saturated carbocycles. The maximum absolute atomic E-state index is 4.42. The Kier molecular flexibility index (Phi) is 3.53. The Morgan fingerprint density at radius 1 is 1.09 bits per heavy atom. The molecule has 0 N–H and O–H groups in total. The zero-order valence-electron chi connectivity index (χ0n) is 13.8. The number of aromatic nitrogens is 4. The monoisotopic (exact) mass is 293 g/mol. The lowest BCUT2D eigenvalue weighted by atomic mass is 9.95. The Morgan fingerprint density at radius 3 is 2.50 bits per heavy atom. The molecule has 0 bridgehead atoms. The molecule has 0 unspecified atom stereocenters. The van der Waals surface area contributed by atoms with E-state index in [1.807, 2.05) is 38.8 Å². The summed E-state index contributed by atoms with van der Waals surface area (Å²) in [5, 5.41) is 0. The summed E-state index contributed by atoms with van der Waals surface area (Å²) in [5.74, 6) is 0.980. The molecule has 4 heteroatoms. The highest BCUT2D eigenvalue weighted by molar-refractivity contribution is 5.72. The topological polar surface area (TPSA) is 34.6 Å². The van der Waals surface area contributed by atoms with Gasteiger partial charge in [0.2, 0.25) is 0 Å². The first-order valence-electron chi connectivity index (χ1n) is 7.42. The van der Waals surface area contributed by atoms with Crippen LogP contribution in [0.5, 0.6) is 0 Å². The van der Waals surface area contributed by atoms with E-state index in [4.69, 9.17) is 0 Å². The summed E-state index contributed by atoms with van der Waals surface area (Å²) in [4.78, 5) is 8.68. The van der Waals surface area contributed by atoms with E-state index in [1.54, 1.807) is 0 Å². The van der Waals surface area contributed by atoms with Crippen LogP contribution in [0.3, 0.4) is 0 Å². The van der Waals surface area contributed by atoms with E-state index in [1.165, 1.54) is 27.9 Å². The quantitative estimate of drug-likeness (QED) is 0.681. The van der Waals surface area contributed by atoms with E-state index < -0.39 is 0 Å². The molecule has 0 fully saturated rings. The van der Waals surface area contributed by atoms with Gasteiger partial charge in [-0.05, 0) is 31.9 Å². The maximum Gasteiger partial charge on any atom is 0.300 e. The third-order valence-corrected chi connectivity index (χ3v) is 4.18. The smallest absolute Gasteiger partial charge is 0.300 e. The minimum absolute atomic E-state index is 0.980. The van der Waals surface area contributed by atoms with Crippen LogP contribution < -0.4 is 4.57 Å². The molecular weight excluding hydrogens is 272 g/mol. The number of rotatable bonds is 2. The van der Waals surface area contributed by atoms with E-state index >= 15 is 0 Å². The zero-order chi connectivity index (χ0) is 15.9. The number of hydrogen-bond acceptors (Lipinski definition) is 2. The Bertz CT molecular complexity index is 846. The van der Waals surface area contributed by atoms with E-state index in [2.05, 4.69) is 52.1 Å². The summed E-state index contributed by atoms with van der Waals surface area (Å²) in [6, 6.07) is 4.21. The molecule has 2 heterocycles. The fourth-order valence-electron chi connectivity index (χ4n) is 3.22. The van der Waals surface area contributed by atoms with Gasteiger partial charge in [0.25, 0.3) is 5.82 Å². The standard InChI is InChI=1S/C18H21N4/c1-12-9-13(2)18(22-8-6-7-20-15(22)4)14(3)17(12)16-10-19-11-21(16)5/h6-11H,1-5H3/q+1. The molecule has 0 atom stereocenters. The Balaban J connectivity index is 2.34. The second-order valence-electron chi connectivity index (χ2n) is 5.79. The molecule has 3 aromatic rings. The predicted octanol–water partition coefficient (Wildman–Crippen LogP) is 2.99. The first kappa shape index (κ1) is 14.4. The highest BCUT2D eigenvalue weighted by atomic mass is 15.0. The van der Waals surface area contributed by atoms with Crippen LogP contribution in [-0.2, 0) is 7.05 Å². The van der Waals surface area contributed by atoms with Gasteiger partial charge in [0.05, 0.1) is 18.2 Å². The molecule has 1 aromatic carbocycles. The third-order valence-electron chi connectivity index (χ3n) is 4.18. The summed E-state index contributed by atoms with van der Waals surface area (Å²) >= 11 is 0. The minimum atomic E-state index is 0.980. The molecule has 0 spiro atoms. The van der Waals surface area contributed by atoms with Crippen molar-refractivity contribution >= 4 is 0 Å². The first-order valence-corrected chi connectivity index (χ1v) is 7.42. The van der Waals surface area contributed by atoms with Crippen molar-refractivity contribution in [3.63, 3.8) is 0 Å². The number of nitrogens with zero attached hydrogens (tertiary/aromatic N) is 4. The largest absolute Gasteiger partial charge is 0.334 e. The highest BCUT2D eigenvalue weighted by Crippen LogP contribution is 2.31. The van der Waals surface area contributed by atoms with Crippen LogP contribution in [-0.4, -0.2) is 14.5 Å². The van der Waals surface area contributed by atoms with Crippen LogP contribution in [0.2, 0.25) is 0 Å². The molecule has 0 saturated heterocycles. The molecule has 0 radical (unpaired) electrons. The Morgan fingerprint density at radius 2 is 1.86 bits per heavy atom. The van der Waals surface area contributed by atoms with E-state index in [9.17, 15) is 0 Å². The molecule has 22 heavy (non-hydrogen) atoms.